The van der Waals surface area contributed by atoms with Crippen molar-refractivity contribution in [3.05, 3.63) is 64.1 Å². The van der Waals surface area contributed by atoms with E-state index in [1.54, 1.807) is 18.2 Å². The van der Waals surface area contributed by atoms with E-state index in [0.717, 1.165) is 24.9 Å². The zero-order valence-electron chi connectivity index (χ0n) is 14.5. The summed E-state index contributed by atoms with van der Waals surface area (Å²) in [6.07, 6.45) is 4.49. The molecular formula is C20H24Cl2N2O. The Hall–Kier alpha value is -1.71. The maximum atomic E-state index is 12.7. The van der Waals surface area contributed by atoms with Gasteiger partial charge in [-0.2, -0.15) is 0 Å². The van der Waals surface area contributed by atoms with Crippen molar-refractivity contribution < 1.29 is 4.79 Å². The highest BCUT2D eigenvalue weighted by Crippen LogP contribution is 2.25. The average molecular weight is 379 g/mol. The molecule has 134 valence electrons. The number of unbranched alkanes of at least 4 members (excludes halogenated alkanes) is 3. The van der Waals surface area contributed by atoms with E-state index < -0.39 is 0 Å². The smallest absolute Gasteiger partial charge is 0.320 e. The van der Waals surface area contributed by atoms with Crippen LogP contribution in [0.3, 0.4) is 0 Å². The predicted molar refractivity (Wildman–Crippen MR) is 106 cm³/mol. The maximum Gasteiger partial charge on any atom is 0.322 e. The third-order valence-corrected chi connectivity index (χ3v) is 4.69. The topological polar surface area (TPSA) is 32.3 Å². The second-order valence-electron chi connectivity index (χ2n) is 6.03. The fraction of sp³-hybridized carbons (Fsp3) is 0.350. The van der Waals surface area contributed by atoms with Gasteiger partial charge in [0.25, 0.3) is 0 Å². The van der Waals surface area contributed by atoms with E-state index in [9.17, 15) is 4.79 Å². The fourth-order valence-corrected chi connectivity index (χ4v) is 2.86. The minimum atomic E-state index is -0.126. The summed E-state index contributed by atoms with van der Waals surface area (Å²) in [7, 11) is 0. The van der Waals surface area contributed by atoms with E-state index >= 15 is 0 Å². The number of urea groups is 1. The van der Waals surface area contributed by atoms with Gasteiger partial charge in [-0.1, -0.05) is 79.7 Å². The summed E-state index contributed by atoms with van der Waals surface area (Å²) in [6.45, 7) is 3.49. The minimum Gasteiger partial charge on any atom is -0.320 e. The average Bonchev–Trinajstić information content (AvgIpc) is 2.61. The molecule has 0 saturated heterocycles. The molecule has 0 saturated carbocycles. The Kier molecular flexibility index (Phi) is 8.10. The van der Waals surface area contributed by atoms with Crippen LogP contribution in [0, 0.1) is 0 Å². The number of carbonyl (C=O) groups is 1. The first kappa shape index (κ1) is 19.6. The number of benzene rings is 2. The number of carbonyl (C=O) groups excluding carboxylic acids is 1. The Morgan fingerprint density at radius 1 is 1.00 bits per heavy atom. The van der Waals surface area contributed by atoms with Crippen LogP contribution >= 0.6 is 23.2 Å². The van der Waals surface area contributed by atoms with Gasteiger partial charge >= 0.3 is 6.03 Å². The third kappa shape index (κ3) is 6.60. The van der Waals surface area contributed by atoms with Crippen molar-refractivity contribution in [1.82, 2.24) is 4.90 Å². The number of nitrogens with one attached hydrogen (secondary N) is 1. The highest BCUT2D eigenvalue weighted by molar-refractivity contribution is 6.42. The van der Waals surface area contributed by atoms with Crippen LogP contribution in [0.2, 0.25) is 10.0 Å². The Bertz CT molecular complexity index is 677. The molecule has 2 rings (SSSR count). The van der Waals surface area contributed by atoms with Crippen LogP contribution in [0.15, 0.2) is 48.5 Å². The lowest BCUT2D eigenvalue weighted by Crippen LogP contribution is -2.35. The van der Waals surface area contributed by atoms with Crippen molar-refractivity contribution in [2.45, 2.75) is 39.2 Å². The third-order valence-electron chi connectivity index (χ3n) is 3.96. The first-order valence-electron chi connectivity index (χ1n) is 8.65. The molecule has 1 N–H and O–H groups in total. The Morgan fingerprint density at radius 2 is 1.76 bits per heavy atom. The number of hydrogen-bond acceptors (Lipinski definition) is 1. The van der Waals surface area contributed by atoms with Crippen LogP contribution < -0.4 is 5.32 Å². The number of nitrogens with zero attached hydrogens (tertiary/aromatic N) is 1. The number of rotatable bonds is 8. The molecule has 0 spiro atoms. The number of amides is 2. The number of halogens is 2. The van der Waals surface area contributed by atoms with E-state index in [-0.39, 0.29) is 6.03 Å². The van der Waals surface area contributed by atoms with Gasteiger partial charge in [0, 0.05) is 18.8 Å². The quantitative estimate of drug-likeness (QED) is 0.515. The summed E-state index contributed by atoms with van der Waals surface area (Å²) in [5.41, 5.74) is 1.76. The Labute approximate surface area is 159 Å². The molecule has 5 heteroatoms. The van der Waals surface area contributed by atoms with Crippen molar-refractivity contribution in [3.8, 4) is 0 Å². The SMILES string of the molecule is CCCCCCN(Cc1ccccc1)C(=O)Nc1ccc(Cl)c(Cl)c1. The molecule has 2 aromatic rings. The van der Waals surface area contributed by atoms with Gasteiger partial charge in [0.2, 0.25) is 0 Å². The Balaban J connectivity index is 2.03. The normalized spacial score (nSPS) is 10.5. The van der Waals surface area contributed by atoms with Gasteiger partial charge in [0.05, 0.1) is 10.0 Å². The monoisotopic (exact) mass is 378 g/mol. The lowest BCUT2D eigenvalue weighted by atomic mass is 10.2. The molecule has 0 aromatic heterocycles. The molecule has 0 fully saturated rings. The van der Waals surface area contributed by atoms with Crippen molar-refractivity contribution >= 4 is 34.9 Å². The van der Waals surface area contributed by atoms with Gasteiger partial charge < -0.3 is 10.2 Å². The summed E-state index contributed by atoms with van der Waals surface area (Å²) in [5, 5.41) is 3.82. The first-order valence-corrected chi connectivity index (χ1v) is 9.40. The van der Waals surface area contributed by atoms with Gasteiger partial charge in [-0.3, -0.25) is 0 Å². The molecule has 0 aliphatic rings. The highest BCUT2D eigenvalue weighted by atomic mass is 35.5. The number of anilines is 1. The molecule has 0 atom stereocenters. The highest BCUT2D eigenvalue weighted by Gasteiger charge is 2.14. The first-order chi connectivity index (χ1) is 12.1. The molecule has 3 nitrogen and oxygen atoms in total. The molecule has 0 bridgehead atoms. The molecule has 0 aliphatic heterocycles. The molecule has 2 aromatic carbocycles. The largest absolute Gasteiger partial charge is 0.322 e. The van der Waals surface area contributed by atoms with Gasteiger partial charge in [-0.15, -0.1) is 0 Å². The van der Waals surface area contributed by atoms with Crippen LogP contribution in [0.4, 0.5) is 10.5 Å². The van der Waals surface area contributed by atoms with Gasteiger partial charge in [0.1, 0.15) is 0 Å². The van der Waals surface area contributed by atoms with Crippen molar-refractivity contribution in [3.63, 3.8) is 0 Å². The zero-order chi connectivity index (χ0) is 18.1. The van der Waals surface area contributed by atoms with Crippen LogP contribution in [0.25, 0.3) is 0 Å². The van der Waals surface area contributed by atoms with Crippen LogP contribution in [-0.4, -0.2) is 17.5 Å². The summed E-state index contributed by atoms with van der Waals surface area (Å²) < 4.78 is 0. The predicted octanol–water partition coefficient (Wildman–Crippen LogP) is 6.61. The van der Waals surface area contributed by atoms with Gasteiger partial charge in [-0.25, -0.2) is 4.79 Å². The standard InChI is InChI=1S/C20H24Cl2N2O/c1-2-3-4-8-13-24(15-16-9-6-5-7-10-16)20(25)23-17-11-12-18(21)19(22)14-17/h5-7,9-12,14H,2-4,8,13,15H2,1H3,(H,23,25). The lowest BCUT2D eigenvalue weighted by molar-refractivity contribution is 0.207. The Morgan fingerprint density at radius 3 is 2.44 bits per heavy atom. The van der Waals surface area contributed by atoms with E-state index in [1.807, 2.05) is 35.2 Å². The molecule has 0 heterocycles. The van der Waals surface area contributed by atoms with E-state index in [2.05, 4.69) is 12.2 Å². The summed E-state index contributed by atoms with van der Waals surface area (Å²) in [6, 6.07) is 15.0. The van der Waals surface area contributed by atoms with E-state index in [4.69, 9.17) is 23.2 Å². The van der Waals surface area contributed by atoms with Crippen LogP contribution in [0.1, 0.15) is 38.2 Å². The molecular weight excluding hydrogens is 355 g/mol. The molecule has 25 heavy (non-hydrogen) atoms. The maximum absolute atomic E-state index is 12.7. The van der Waals surface area contributed by atoms with Crippen molar-refractivity contribution in [2.75, 3.05) is 11.9 Å². The summed E-state index contributed by atoms with van der Waals surface area (Å²) in [5.74, 6) is 0. The van der Waals surface area contributed by atoms with Gasteiger partial charge in [0.15, 0.2) is 0 Å². The molecule has 0 unspecified atom stereocenters. The minimum absolute atomic E-state index is 0.126. The van der Waals surface area contributed by atoms with Crippen LogP contribution in [0.5, 0.6) is 0 Å². The van der Waals surface area contributed by atoms with Crippen molar-refractivity contribution in [2.24, 2.45) is 0 Å². The summed E-state index contributed by atoms with van der Waals surface area (Å²) in [4.78, 5) is 14.6. The molecule has 0 aliphatic carbocycles. The van der Waals surface area contributed by atoms with Gasteiger partial charge in [-0.05, 0) is 30.2 Å². The summed E-state index contributed by atoms with van der Waals surface area (Å²) >= 11 is 12.0. The van der Waals surface area contributed by atoms with E-state index in [0.29, 0.717) is 22.3 Å². The second kappa shape index (κ2) is 10.3. The number of hydrogen-bond donors (Lipinski definition) is 1. The molecule has 0 radical (unpaired) electrons. The van der Waals surface area contributed by atoms with E-state index in [1.165, 1.54) is 12.8 Å². The lowest BCUT2D eigenvalue weighted by Gasteiger charge is -2.23. The molecule has 2 amide bonds. The zero-order valence-corrected chi connectivity index (χ0v) is 16.0. The van der Waals surface area contributed by atoms with Crippen molar-refractivity contribution in [1.29, 1.82) is 0 Å². The second-order valence-corrected chi connectivity index (χ2v) is 6.84. The van der Waals surface area contributed by atoms with Crippen LogP contribution in [-0.2, 0) is 6.54 Å². The fourth-order valence-electron chi connectivity index (χ4n) is 2.56.